The highest BCUT2D eigenvalue weighted by Gasteiger charge is 2.42. The molecule has 0 fully saturated rings. The van der Waals surface area contributed by atoms with E-state index >= 15 is 0 Å². The van der Waals surface area contributed by atoms with Gasteiger partial charge in [-0.15, -0.1) is 0 Å². The Morgan fingerprint density at radius 2 is 2.04 bits per heavy atom. The van der Waals surface area contributed by atoms with E-state index < -0.39 is 6.23 Å². The van der Waals surface area contributed by atoms with E-state index in [1.165, 1.54) is 0 Å². The molecule has 0 spiro atoms. The van der Waals surface area contributed by atoms with E-state index in [-0.39, 0.29) is 6.04 Å². The zero-order valence-electron chi connectivity index (χ0n) is 14.6. The Morgan fingerprint density at radius 3 is 2.81 bits per heavy atom. The highest BCUT2D eigenvalue weighted by atomic mass is 35.5. The van der Waals surface area contributed by atoms with Crippen LogP contribution in [0, 0.1) is 0 Å². The summed E-state index contributed by atoms with van der Waals surface area (Å²) in [5.41, 5.74) is 2.89. The van der Waals surface area contributed by atoms with Gasteiger partial charge >= 0.3 is 0 Å². The predicted molar refractivity (Wildman–Crippen MR) is 102 cm³/mol. The fourth-order valence-corrected chi connectivity index (χ4v) is 3.91. The minimum atomic E-state index is -0.398. The van der Waals surface area contributed by atoms with Crippen LogP contribution >= 0.6 is 11.6 Å². The fourth-order valence-electron chi connectivity index (χ4n) is 3.72. The number of benzene rings is 2. The van der Waals surface area contributed by atoms with Crippen molar-refractivity contribution in [1.29, 1.82) is 0 Å². The Labute approximate surface area is 161 Å². The number of methoxy groups -OCH3 is 1. The molecule has 5 nitrogen and oxygen atoms in total. The summed E-state index contributed by atoms with van der Waals surface area (Å²) in [6, 6.07) is 17.4. The Hall–Kier alpha value is -2.92. The number of ether oxygens (including phenoxy) is 2. The molecule has 3 aromatic rings. The lowest BCUT2D eigenvalue weighted by atomic mass is 9.97. The lowest BCUT2D eigenvalue weighted by Gasteiger charge is -2.38. The summed E-state index contributed by atoms with van der Waals surface area (Å²) in [6.07, 6.45) is 2.00. The van der Waals surface area contributed by atoms with E-state index in [1.54, 1.807) is 13.4 Å². The SMILES string of the molecule is COc1cccc2c1O[C@@H](c1cccc(Cl)c1)N1N=C(c3ccco3)C[C@@H]21. The van der Waals surface area contributed by atoms with Crippen LogP contribution in [-0.2, 0) is 0 Å². The molecule has 2 atom stereocenters. The lowest BCUT2D eigenvalue weighted by Crippen LogP contribution is -2.33. The van der Waals surface area contributed by atoms with Gasteiger partial charge in [-0.2, -0.15) is 5.10 Å². The van der Waals surface area contributed by atoms with Gasteiger partial charge in [-0.1, -0.05) is 35.9 Å². The number of fused-ring (bicyclic) bond motifs is 3. The topological polar surface area (TPSA) is 47.2 Å². The zero-order valence-corrected chi connectivity index (χ0v) is 15.4. The first-order valence-corrected chi connectivity index (χ1v) is 9.11. The van der Waals surface area contributed by atoms with Crippen molar-refractivity contribution in [3.8, 4) is 11.5 Å². The monoisotopic (exact) mass is 380 g/mol. The van der Waals surface area contributed by atoms with Gasteiger partial charge in [0, 0.05) is 22.6 Å². The van der Waals surface area contributed by atoms with Crippen LogP contribution < -0.4 is 9.47 Å². The molecule has 2 aliphatic rings. The first-order chi connectivity index (χ1) is 13.2. The van der Waals surface area contributed by atoms with Crippen molar-refractivity contribution >= 4 is 17.3 Å². The third kappa shape index (κ3) is 2.66. The number of hydrogen-bond donors (Lipinski definition) is 0. The van der Waals surface area contributed by atoms with E-state index in [4.69, 9.17) is 30.6 Å². The Balaban J connectivity index is 1.64. The van der Waals surface area contributed by atoms with Gasteiger partial charge in [-0.25, -0.2) is 5.01 Å². The van der Waals surface area contributed by atoms with Crippen molar-refractivity contribution < 1.29 is 13.9 Å². The molecule has 2 aromatic carbocycles. The zero-order chi connectivity index (χ0) is 18.4. The number of para-hydroxylation sites is 1. The van der Waals surface area contributed by atoms with Gasteiger partial charge in [0.05, 0.1) is 19.4 Å². The summed E-state index contributed by atoms with van der Waals surface area (Å²) in [5, 5.41) is 7.49. The van der Waals surface area contributed by atoms with Gasteiger partial charge in [0.15, 0.2) is 11.5 Å². The molecule has 0 N–H and O–H groups in total. The molecule has 0 unspecified atom stereocenters. The molecule has 2 aliphatic heterocycles. The van der Waals surface area contributed by atoms with Crippen LogP contribution in [0.5, 0.6) is 11.5 Å². The Morgan fingerprint density at radius 1 is 1.15 bits per heavy atom. The maximum atomic E-state index is 6.38. The Kier molecular flexibility index (Phi) is 3.83. The normalized spacial score (nSPS) is 20.5. The smallest absolute Gasteiger partial charge is 0.214 e. The van der Waals surface area contributed by atoms with Crippen molar-refractivity contribution in [2.75, 3.05) is 7.11 Å². The first kappa shape index (κ1) is 16.3. The molecule has 0 amide bonds. The standard InChI is InChI=1S/C21H17ClN2O3/c1-25-19-8-3-7-15-17-12-16(18-9-4-10-26-18)23-24(17)21(27-20(15)19)13-5-2-6-14(22)11-13/h2-11,17,21H,12H2,1H3/t17-,21-/m0/s1. The van der Waals surface area contributed by atoms with Crippen molar-refractivity contribution in [2.24, 2.45) is 5.10 Å². The summed E-state index contributed by atoms with van der Waals surface area (Å²) in [5.74, 6) is 2.24. The molecule has 0 saturated carbocycles. The van der Waals surface area contributed by atoms with Crippen LogP contribution in [0.1, 0.15) is 35.6 Å². The average Bonchev–Trinajstić information content (AvgIpc) is 3.36. The molecule has 1 aromatic heterocycles. The van der Waals surface area contributed by atoms with Gasteiger partial charge in [0.2, 0.25) is 6.23 Å². The molecule has 5 rings (SSSR count). The molecule has 0 saturated heterocycles. The molecule has 3 heterocycles. The largest absolute Gasteiger partial charge is 0.493 e. The van der Waals surface area contributed by atoms with Crippen molar-refractivity contribution in [3.05, 3.63) is 82.8 Å². The molecule has 0 radical (unpaired) electrons. The molecular weight excluding hydrogens is 364 g/mol. The van der Waals surface area contributed by atoms with Gasteiger partial charge in [0.25, 0.3) is 0 Å². The molecule has 0 bridgehead atoms. The fraction of sp³-hybridized carbons (Fsp3) is 0.190. The van der Waals surface area contributed by atoms with E-state index in [0.29, 0.717) is 10.8 Å². The highest BCUT2D eigenvalue weighted by molar-refractivity contribution is 6.30. The summed E-state index contributed by atoms with van der Waals surface area (Å²) in [7, 11) is 1.65. The number of hydrogen-bond acceptors (Lipinski definition) is 5. The molecule has 0 aliphatic carbocycles. The van der Waals surface area contributed by atoms with E-state index in [0.717, 1.165) is 34.8 Å². The van der Waals surface area contributed by atoms with Crippen LogP contribution in [0.2, 0.25) is 5.02 Å². The second-order valence-electron chi connectivity index (χ2n) is 6.53. The van der Waals surface area contributed by atoms with Crippen LogP contribution in [0.4, 0.5) is 0 Å². The number of rotatable bonds is 3. The average molecular weight is 381 g/mol. The van der Waals surface area contributed by atoms with Crippen molar-refractivity contribution in [3.63, 3.8) is 0 Å². The van der Waals surface area contributed by atoms with Crippen molar-refractivity contribution in [1.82, 2.24) is 5.01 Å². The number of nitrogens with zero attached hydrogens (tertiary/aromatic N) is 2. The van der Waals surface area contributed by atoms with Gasteiger partial charge in [0.1, 0.15) is 11.5 Å². The summed E-state index contributed by atoms with van der Waals surface area (Å²) >= 11 is 6.23. The van der Waals surface area contributed by atoms with Crippen LogP contribution in [0.25, 0.3) is 0 Å². The number of halogens is 1. The second-order valence-corrected chi connectivity index (χ2v) is 6.96. The van der Waals surface area contributed by atoms with Gasteiger partial charge in [-0.05, 0) is 30.3 Å². The summed E-state index contributed by atoms with van der Waals surface area (Å²) in [6.45, 7) is 0. The number of furan rings is 1. The van der Waals surface area contributed by atoms with Crippen LogP contribution in [0.3, 0.4) is 0 Å². The third-order valence-electron chi connectivity index (χ3n) is 4.94. The summed E-state index contributed by atoms with van der Waals surface area (Å²) < 4.78 is 17.5. The van der Waals surface area contributed by atoms with E-state index in [9.17, 15) is 0 Å². The number of hydrazone groups is 1. The lowest BCUT2D eigenvalue weighted by molar-refractivity contribution is -0.0209. The third-order valence-corrected chi connectivity index (χ3v) is 5.17. The van der Waals surface area contributed by atoms with Crippen LogP contribution in [-0.4, -0.2) is 17.8 Å². The predicted octanol–water partition coefficient (Wildman–Crippen LogP) is 5.18. The quantitative estimate of drug-likeness (QED) is 0.627. The van der Waals surface area contributed by atoms with Gasteiger partial charge < -0.3 is 13.9 Å². The van der Waals surface area contributed by atoms with Gasteiger partial charge in [-0.3, -0.25) is 0 Å². The second kappa shape index (κ2) is 6.35. The molecule has 6 heteroatoms. The molecular formula is C21H17ClN2O3. The van der Waals surface area contributed by atoms with E-state index in [2.05, 4.69) is 6.07 Å². The van der Waals surface area contributed by atoms with Crippen molar-refractivity contribution in [2.45, 2.75) is 18.7 Å². The summed E-state index contributed by atoms with van der Waals surface area (Å²) in [4.78, 5) is 0. The molecule has 27 heavy (non-hydrogen) atoms. The first-order valence-electron chi connectivity index (χ1n) is 8.73. The van der Waals surface area contributed by atoms with Crippen LogP contribution in [0.15, 0.2) is 70.4 Å². The Bertz CT molecular complexity index is 1020. The highest BCUT2D eigenvalue weighted by Crippen LogP contribution is 2.50. The maximum absolute atomic E-state index is 6.38. The molecule has 136 valence electrons. The minimum Gasteiger partial charge on any atom is -0.493 e. The van der Waals surface area contributed by atoms with E-state index in [1.807, 2.05) is 53.5 Å². The maximum Gasteiger partial charge on any atom is 0.214 e. The minimum absolute atomic E-state index is 0.0351.